The van der Waals surface area contributed by atoms with Crippen LogP contribution in [-0.2, 0) is 16.6 Å². The summed E-state index contributed by atoms with van der Waals surface area (Å²) in [5.41, 5.74) is 2.52. The highest BCUT2D eigenvalue weighted by Crippen LogP contribution is 2.54. The molecule has 0 saturated heterocycles. The van der Waals surface area contributed by atoms with Gasteiger partial charge in [0.2, 0.25) is 5.91 Å². The molecule has 6 rings (SSSR count). The van der Waals surface area contributed by atoms with Crippen LogP contribution in [0.15, 0.2) is 54.7 Å². The maximum Gasteiger partial charge on any atom is 0.251 e. The normalized spacial score (nSPS) is 21.1. The van der Waals surface area contributed by atoms with Crippen LogP contribution in [0.3, 0.4) is 0 Å². The number of carbonyl (C=O) groups excluding carboxylic acids is 2. The monoisotopic (exact) mass is 480 g/mol. The van der Waals surface area contributed by atoms with Crippen molar-refractivity contribution in [2.45, 2.75) is 50.2 Å². The molecule has 8 nitrogen and oxygen atoms in total. The predicted octanol–water partition coefficient (Wildman–Crippen LogP) is 4.22. The molecule has 3 aromatic rings. The molecule has 3 heterocycles. The second-order valence-corrected chi connectivity index (χ2v) is 9.91. The number of nitriles is 1. The minimum absolute atomic E-state index is 0.0461. The van der Waals surface area contributed by atoms with Gasteiger partial charge in [-0.15, -0.1) is 0 Å². The predicted molar refractivity (Wildman–Crippen MR) is 131 cm³/mol. The molecule has 2 aliphatic heterocycles. The van der Waals surface area contributed by atoms with Gasteiger partial charge in [-0.25, -0.2) is 4.98 Å². The third-order valence-electron chi connectivity index (χ3n) is 7.08. The average Bonchev–Trinajstić information content (AvgIpc) is 3.40. The van der Waals surface area contributed by atoms with Crippen molar-refractivity contribution in [1.82, 2.24) is 10.3 Å². The summed E-state index contributed by atoms with van der Waals surface area (Å²) >= 11 is 0. The van der Waals surface area contributed by atoms with E-state index in [1.807, 2.05) is 38.1 Å². The number of nitrogens with zero attached hydrogens (tertiary/aromatic N) is 2. The smallest absolute Gasteiger partial charge is 0.251 e. The summed E-state index contributed by atoms with van der Waals surface area (Å²) in [6, 6.07) is 16.8. The average molecular weight is 481 g/mol. The molecule has 8 heteroatoms. The van der Waals surface area contributed by atoms with Crippen molar-refractivity contribution in [3.8, 4) is 23.3 Å². The van der Waals surface area contributed by atoms with Gasteiger partial charge in [-0.2, -0.15) is 5.26 Å². The van der Waals surface area contributed by atoms with E-state index in [1.165, 1.54) is 0 Å². The maximum atomic E-state index is 13.0. The number of benzene rings is 2. The van der Waals surface area contributed by atoms with Gasteiger partial charge >= 0.3 is 0 Å². The van der Waals surface area contributed by atoms with Crippen LogP contribution in [0.4, 0.5) is 5.82 Å². The van der Waals surface area contributed by atoms with Gasteiger partial charge in [0, 0.05) is 29.3 Å². The molecule has 1 aliphatic carbocycles. The molecule has 3 aliphatic rings. The van der Waals surface area contributed by atoms with Gasteiger partial charge in [0.1, 0.15) is 29.2 Å². The van der Waals surface area contributed by atoms with Gasteiger partial charge in [0.25, 0.3) is 5.91 Å². The number of nitrogens with one attached hydrogen (secondary N) is 2. The summed E-state index contributed by atoms with van der Waals surface area (Å²) in [7, 11) is 0. The molecule has 0 bridgehead atoms. The van der Waals surface area contributed by atoms with E-state index in [1.54, 1.807) is 30.5 Å². The molecule has 0 radical (unpaired) electrons. The number of anilines is 1. The van der Waals surface area contributed by atoms with E-state index in [0.717, 1.165) is 22.4 Å². The summed E-state index contributed by atoms with van der Waals surface area (Å²) in [6.45, 7) is 3.66. The summed E-state index contributed by atoms with van der Waals surface area (Å²) in [5, 5.41) is 15.3. The first-order chi connectivity index (χ1) is 17.3. The molecule has 36 heavy (non-hydrogen) atoms. The Kier molecular flexibility index (Phi) is 4.97. The summed E-state index contributed by atoms with van der Waals surface area (Å²) in [4.78, 5) is 28.9. The third-order valence-corrected chi connectivity index (χ3v) is 7.08. The second kappa shape index (κ2) is 8.09. The molecular weight excluding hydrogens is 456 g/mol. The highest BCUT2D eigenvalue weighted by atomic mass is 16.5. The maximum absolute atomic E-state index is 13.0. The molecule has 1 saturated carbocycles. The molecule has 0 unspecified atom stereocenters. The van der Waals surface area contributed by atoms with Crippen LogP contribution in [0.5, 0.6) is 17.2 Å². The zero-order chi connectivity index (χ0) is 25.0. The Bertz CT molecular complexity index is 1460. The lowest BCUT2D eigenvalue weighted by molar-refractivity contribution is -0.116. The first kappa shape index (κ1) is 22.1. The van der Waals surface area contributed by atoms with Gasteiger partial charge in [0.05, 0.1) is 23.4 Å². The van der Waals surface area contributed by atoms with E-state index in [9.17, 15) is 14.9 Å². The van der Waals surface area contributed by atoms with Crippen molar-refractivity contribution in [1.29, 1.82) is 5.26 Å². The van der Waals surface area contributed by atoms with Crippen molar-refractivity contribution < 1.29 is 19.1 Å². The number of ether oxygens (including phenoxy) is 2. The van der Waals surface area contributed by atoms with Crippen molar-refractivity contribution in [2.75, 3.05) is 5.32 Å². The van der Waals surface area contributed by atoms with E-state index in [4.69, 9.17) is 9.47 Å². The van der Waals surface area contributed by atoms with Gasteiger partial charge in [-0.1, -0.05) is 12.1 Å². The summed E-state index contributed by atoms with van der Waals surface area (Å²) in [5.74, 6) is 2.48. The summed E-state index contributed by atoms with van der Waals surface area (Å²) in [6.07, 6.45) is 2.48. The van der Waals surface area contributed by atoms with Crippen molar-refractivity contribution in [3.05, 3.63) is 77.0 Å². The lowest BCUT2D eigenvalue weighted by atomic mass is 9.85. The van der Waals surface area contributed by atoms with Crippen LogP contribution in [-0.4, -0.2) is 28.9 Å². The zero-order valence-corrected chi connectivity index (χ0v) is 19.9. The zero-order valence-electron chi connectivity index (χ0n) is 19.9. The van der Waals surface area contributed by atoms with E-state index >= 15 is 0 Å². The highest BCUT2D eigenvalue weighted by molar-refractivity contribution is 5.95. The number of amides is 2. The Morgan fingerprint density at radius 2 is 2.08 bits per heavy atom. The first-order valence-corrected chi connectivity index (χ1v) is 11.9. The fraction of sp³-hybridized carbons (Fsp3) is 0.286. The lowest BCUT2D eigenvalue weighted by Crippen LogP contribution is -2.30. The molecular formula is C28H24N4O4. The molecule has 1 fully saturated rings. The molecule has 2 aromatic carbocycles. The molecule has 0 spiro atoms. The van der Waals surface area contributed by atoms with Gasteiger partial charge in [-0.3, -0.25) is 9.59 Å². The van der Waals surface area contributed by atoms with E-state index < -0.39 is 5.41 Å². The fourth-order valence-electron chi connectivity index (χ4n) is 4.90. The quantitative estimate of drug-likeness (QED) is 0.565. The van der Waals surface area contributed by atoms with Crippen LogP contribution in [0.25, 0.3) is 0 Å². The van der Waals surface area contributed by atoms with Crippen molar-refractivity contribution >= 4 is 17.6 Å². The molecule has 3 atom stereocenters. The largest absolute Gasteiger partial charge is 0.487 e. The Morgan fingerprint density at radius 1 is 1.22 bits per heavy atom. The number of hydrogen-bond donors (Lipinski definition) is 2. The van der Waals surface area contributed by atoms with Crippen LogP contribution in [0.1, 0.15) is 53.2 Å². The minimum Gasteiger partial charge on any atom is -0.487 e. The topological polar surface area (TPSA) is 113 Å². The minimum atomic E-state index is -0.676. The second-order valence-electron chi connectivity index (χ2n) is 9.91. The Morgan fingerprint density at radius 3 is 2.92 bits per heavy atom. The number of rotatable bonds is 5. The molecule has 180 valence electrons. The van der Waals surface area contributed by atoms with Gasteiger partial charge in [-0.05, 0) is 62.2 Å². The number of aromatic nitrogens is 1. The Hall–Kier alpha value is -4.38. The standard InChI is InChI=1S/C28H24N4O4/c1-28(2,14-29)16-5-3-4-15(12-16)27(34)32-24-23-19-13-17(6-8-20(19)36-25(23)24)35-21-10-11-30-26-18(21)7-9-22(33)31-26/h3-6,8,10-13,23-25H,7,9H2,1-2H3,(H,32,34)(H,30,31,33)/t23-,24-,25-/m0/s1. The van der Waals surface area contributed by atoms with Gasteiger partial charge < -0.3 is 20.1 Å². The van der Waals surface area contributed by atoms with Crippen LogP contribution < -0.4 is 20.1 Å². The van der Waals surface area contributed by atoms with Crippen LogP contribution in [0.2, 0.25) is 0 Å². The Labute approximate surface area is 208 Å². The highest BCUT2D eigenvalue weighted by Gasteiger charge is 2.59. The Balaban J connectivity index is 1.17. The van der Waals surface area contributed by atoms with Gasteiger partial charge in [0.15, 0.2) is 0 Å². The molecule has 1 aromatic heterocycles. The van der Waals surface area contributed by atoms with E-state index in [-0.39, 0.29) is 29.9 Å². The third kappa shape index (κ3) is 3.73. The summed E-state index contributed by atoms with van der Waals surface area (Å²) < 4.78 is 12.2. The van der Waals surface area contributed by atoms with E-state index in [0.29, 0.717) is 35.7 Å². The molecule has 2 amide bonds. The first-order valence-electron chi connectivity index (χ1n) is 11.9. The SMILES string of the molecule is CC(C)(C#N)c1cccc(C(=O)N[C@@H]2[C@H]3Oc4ccc(Oc5ccnc6c5CCC(=O)N6)cc4[C@@H]23)c1. The number of fused-ring (bicyclic) bond motifs is 4. The van der Waals surface area contributed by atoms with E-state index in [2.05, 4.69) is 21.7 Å². The lowest BCUT2D eigenvalue weighted by Gasteiger charge is -2.19. The molecule has 2 N–H and O–H groups in total. The van der Waals surface area contributed by atoms with Crippen LogP contribution >= 0.6 is 0 Å². The van der Waals surface area contributed by atoms with Crippen molar-refractivity contribution in [2.24, 2.45) is 0 Å². The number of hydrogen-bond acceptors (Lipinski definition) is 6. The number of carbonyl (C=O) groups is 2. The number of pyridine rings is 1. The van der Waals surface area contributed by atoms with Crippen molar-refractivity contribution in [3.63, 3.8) is 0 Å². The fourth-order valence-corrected chi connectivity index (χ4v) is 4.90. The van der Waals surface area contributed by atoms with Crippen LogP contribution in [0, 0.1) is 11.3 Å².